The molecule has 0 aliphatic rings. The number of aromatic hydroxyl groups is 1. The van der Waals surface area contributed by atoms with Crippen molar-refractivity contribution >= 4 is 58.0 Å². The van der Waals surface area contributed by atoms with Crippen LogP contribution in [0.2, 0.25) is 20.1 Å². The maximum Gasteiger partial charge on any atom is 0.196 e. The normalized spacial score (nSPS) is 10.8. The van der Waals surface area contributed by atoms with Crippen LogP contribution in [0.15, 0.2) is 48.5 Å². The van der Waals surface area contributed by atoms with Gasteiger partial charge in [-0.2, -0.15) is 0 Å². The van der Waals surface area contributed by atoms with E-state index in [1.165, 1.54) is 48.5 Å². The van der Waals surface area contributed by atoms with Crippen molar-refractivity contribution in [1.82, 2.24) is 0 Å². The van der Waals surface area contributed by atoms with Crippen molar-refractivity contribution in [3.63, 3.8) is 0 Å². The Labute approximate surface area is 181 Å². The molecule has 142 valence electrons. The first-order valence-electron chi connectivity index (χ1n) is 8.02. The molecule has 0 fully saturated rings. The van der Waals surface area contributed by atoms with E-state index in [9.17, 15) is 14.7 Å². The van der Waals surface area contributed by atoms with Crippen LogP contribution in [0.5, 0.6) is 5.75 Å². The summed E-state index contributed by atoms with van der Waals surface area (Å²) in [7, 11) is 0. The Bertz CT molecular complexity index is 1040. The summed E-state index contributed by atoms with van der Waals surface area (Å²) in [6, 6.07) is 11.8. The molecule has 3 nitrogen and oxygen atoms in total. The van der Waals surface area contributed by atoms with Crippen molar-refractivity contribution in [3.05, 3.63) is 96.4 Å². The van der Waals surface area contributed by atoms with Crippen LogP contribution >= 0.6 is 46.4 Å². The van der Waals surface area contributed by atoms with Crippen LogP contribution in [-0.2, 0) is 0 Å². The van der Waals surface area contributed by atoms with E-state index in [-0.39, 0.29) is 32.3 Å². The van der Waals surface area contributed by atoms with Crippen molar-refractivity contribution in [2.45, 2.75) is 6.92 Å². The smallest absolute Gasteiger partial charge is 0.196 e. The highest BCUT2D eigenvalue weighted by molar-refractivity contribution is 6.42. The fraction of sp³-hybridized carbons (Fsp3) is 0.0476. The Morgan fingerprint density at radius 2 is 1.07 bits per heavy atom. The first-order chi connectivity index (χ1) is 13.2. The molecule has 0 atom stereocenters. The fourth-order valence-electron chi connectivity index (χ4n) is 2.71. The zero-order chi connectivity index (χ0) is 20.6. The highest BCUT2D eigenvalue weighted by atomic mass is 35.5. The Morgan fingerprint density at radius 1 is 0.679 bits per heavy atom. The van der Waals surface area contributed by atoms with Crippen LogP contribution in [0, 0.1) is 6.92 Å². The number of phenols is 1. The molecule has 0 radical (unpaired) electrons. The first kappa shape index (κ1) is 20.7. The molecule has 0 aliphatic heterocycles. The summed E-state index contributed by atoms with van der Waals surface area (Å²) in [6.07, 6.45) is 0. The molecule has 0 heterocycles. The Balaban J connectivity index is 2.09. The summed E-state index contributed by atoms with van der Waals surface area (Å²) in [5, 5.41) is 11.7. The van der Waals surface area contributed by atoms with E-state index in [2.05, 4.69) is 0 Å². The lowest BCUT2D eigenvalue weighted by atomic mass is 9.94. The maximum atomic E-state index is 12.9. The van der Waals surface area contributed by atoms with Gasteiger partial charge in [0.15, 0.2) is 11.6 Å². The minimum absolute atomic E-state index is 0.0122. The monoisotopic (exact) mass is 452 g/mol. The van der Waals surface area contributed by atoms with Crippen LogP contribution in [0.4, 0.5) is 0 Å². The number of rotatable bonds is 4. The van der Waals surface area contributed by atoms with E-state index in [0.29, 0.717) is 15.6 Å². The molecule has 3 aromatic carbocycles. The minimum Gasteiger partial charge on any atom is -0.506 e. The molecular formula is C21H12Cl4O3. The standard InChI is InChI=1S/C21H12Cl4O3/c1-10-6-13(19(26)11-2-4-15(22)17(24)8-11)21(28)14(7-10)20(27)12-3-5-16(23)18(25)9-12/h2-9,28H,1H3. The average molecular weight is 454 g/mol. The fourth-order valence-corrected chi connectivity index (χ4v) is 3.31. The lowest BCUT2D eigenvalue weighted by molar-refractivity contribution is 0.103. The molecule has 1 N–H and O–H groups in total. The van der Waals surface area contributed by atoms with Gasteiger partial charge in [-0.05, 0) is 61.0 Å². The third kappa shape index (κ3) is 4.03. The first-order valence-corrected chi connectivity index (χ1v) is 9.53. The number of carbonyl (C=O) groups is 2. The van der Waals surface area contributed by atoms with Crippen LogP contribution in [0.3, 0.4) is 0 Å². The zero-order valence-corrected chi connectivity index (χ0v) is 17.4. The van der Waals surface area contributed by atoms with Gasteiger partial charge in [-0.15, -0.1) is 0 Å². The molecule has 0 aromatic heterocycles. The highest BCUT2D eigenvalue weighted by Crippen LogP contribution is 2.32. The Morgan fingerprint density at radius 3 is 1.43 bits per heavy atom. The van der Waals surface area contributed by atoms with Gasteiger partial charge in [-0.3, -0.25) is 9.59 Å². The Kier molecular flexibility index (Phi) is 6.01. The summed E-state index contributed by atoms with van der Waals surface area (Å²) in [5.74, 6) is -1.39. The third-order valence-corrected chi connectivity index (χ3v) is 5.59. The number of hydrogen-bond donors (Lipinski definition) is 1. The van der Waals surface area contributed by atoms with E-state index in [1.807, 2.05) is 0 Å². The molecule has 0 amide bonds. The van der Waals surface area contributed by atoms with Gasteiger partial charge in [0.05, 0.1) is 31.2 Å². The van der Waals surface area contributed by atoms with Crippen molar-refractivity contribution in [3.8, 4) is 5.75 Å². The van der Waals surface area contributed by atoms with Gasteiger partial charge in [0.1, 0.15) is 5.75 Å². The van der Waals surface area contributed by atoms with Gasteiger partial charge in [0.25, 0.3) is 0 Å². The summed E-state index contributed by atoms with van der Waals surface area (Å²) >= 11 is 23.7. The number of phenolic OH excluding ortho intramolecular Hbond substituents is 1. The number of aryl methyl sites for hydroxylation is 1. The summed E-state index contributed by atoms with van der Waals surface area (Å²) < 4.78 is 0. The van der Waals surface area contributed by atoms with E-state index >= 15 is 0 Å². The summed E-state index contributed by atoms with van der Waals surface area (Å²) in [5.41, 5.74) is 1.08. The molecule has 0 unspecified atom stereocenters. The topological polar surface area (TPSA) is 54.4 Å². The highest BCUT2D eigenvalue weighted by Gasteiger charge is 2.22. The summed E-state index contributed by atoms with van der Waals surface area (Å²) in [6.45, 7) is 1.72. The van der Waals surface area contributed by atoms with Crippen molar-refractivity contribution in [1.29, 1.82) is 0 Å². The molecule has 0 saturated heterocycles. The zero-order valence-electron chi connectivity index (χ0n) is 14.4. The lowest BCUT2D eigenvalue weighted by Crippen LogP contribution is -2.08. The van der Waals surface area contributed by atoms with Gasteiger partial charge >= 0.3 is 0 Å². The van der Waals surface area contributed by atoms with E-state index in [1.54, 1.807) is 6.92 Å². The van der Waals surface area contributed by atoms with E-state index in [4.69, 9.17) is 46.4 Å². The molecular weight excluding hydrogens is 442 g/mol. The van der Waals surface area contributed by atoms with E-state index < -0.39 is 17.3 Å². The predicted molar refractivity (Wildman–Crippen MR) is 113 cm³/mol. The number of carbonyl (C=O) groups excluding carboxylic acids is 2. The van der Waals surface area contributed by atoms with Crippen molar-refractivity contribution < 1.29 is 14.7 Å². The van der Waals surface area contributed by atoms with Gasteiger partial charge in [-0.25, -0.2) is 0 Å². The van der Waals surface area contributed by atoms with Gasteiger partial charge in [0.2, 0.25) is 0 Å². The van der Waals surface area contributed by atoms with Gasteiger partial charge in [0, 0.05) is 11.1 Å². The van der Waals surface area contributed by atoms with Crippen LogP contribution in [0.1, 0.15) is 37.4 Å². The Hall–Kier alpha value is -2.04. The lowest BCUT2D eigenvalue weighted by Gasteiger charge is -2.11. The van der Waals surface area contributed by atoms with Crippen molar-refractivity contribution in [2.24, 2.45) is 0 Å². The second kappa shape index (κ2) is 8.14. The second-order valence-corrected chi connectivity index (χ2v) is 7.75. The summed E-state index contributed by atoms with van der Waals surface area (Å²) in [4.78, 5) is 25.8. The molecule has 0 saturated carbocycles. The minimum atomic E-state index is -0.483. The number of hydrogen-bond acceptors (Lipinski definition) is 3. The number of ketones is 2. The quantitative estimate of drug-likeness (QED) is 0.443. The van der Waals surface area contributed by atoms with E-state index in [0.717, 1.165) is 0 Å². The molecule has 0 spiro atoms. The third-order valence-electron chi connectivity index (χ3n) is 4.11. The van der Waals surface area contributed by atoms with Gasteiger partial charge < -0.3 is 5.11 Å². The molecule has 0 bridgehead atoms. The molecule has 3 rings (SSSR count). The second-order valence-electron chi connectivity index (χ2n) is 6.12. The number of halogens is 4. The molecule has 7 heteroatoms. The van der Waals surface area contributed by atoms with Gasteiger partial charge in [-0.1, -0.05) is 46.4 Å². The maximum absolute atomic E-state index is 12.9. The molecule has 0 aliphatic carbocycles. The average Bonchev–Trinajstić information content (AvgIpc) is 2.66. The molecule has 28 heavy (non-hydrogen) atoms. The van der Waals surface area contributed by atoms with Crippen LogP contribution < -0.4 is 0 Å². The molecule has 3 aromatic rings. The van der Waals surface area contributed by atoms with Crippen LogP contribution in [-0.4, -0.2) is 16.7 Å². The van der Waals surface area contributed by atoms with Crippen LogP contribution in [0.25, 0.3) is 0 Å². The van der Waals surface area contributed by atoms with Crippen molar-refractivity contribution in [2.75, 3.05) is 0 Å². The SMILES string of the molecule is Cc1cc(C(=O)c2ccc(Cl)c(Cl)c2)c(O)c(C(=O)c2ccc(Cl)c(Cl)c2)c1. The largest absolute Gasteiger partial charge is 0.506 e. The predicted octanol–water partition coefficient (Wildman–Crippen LogP) is 6.78. The number of benzene rings is 3.